The van der Waals surface area contributed by atoms with Gasteiger partial charge in [0.25, 0.3) is 0 Å². The lowest BCUT2D eigenvalue weighted by molar-refractivity contribution is -0.122. The zero-order valence-corrected chi connectivity index (χ0v) is 19.1. The summed E-state index contributed by atoms with van der Waals surface area (Å²) in [5, 5.41) is 2.85. The van der Waals surface area contributed by atoms with Gasteiger partial charge in [0.15, 0.2) is 0 Å². The number of ether oxygens (including phenoxy) is 1. The second-order valence-corrected chi connectivity index (χ2v) is 9.19. The van der Waals surface area contributed by atoms with E-state index in [0.29, 0.717) is 18.9 Å². The van der Waals surface area contributed by atoms with Gasteiger partial charge in [-0.2, -0.15) is 4.72 Å². The molecule has 3 rings (SSSR count). The Labute approximate surface area is 189 Å². The minimum Gasteiger partial charge on any atom is -0.494 e. The van der Waals surface area contributed by atoms with E-state index in [0.717, 1.165) is 16.7 Å². The van der Waals surface area contributed by atoms with Crippen molar-refractivity contribution in [3.8, 4) is 5.75 Å². The van der Waals surface area contributed by atoms with E-state index in [-0.39, 0.29) is 17.2 Å². The summed E-state index contributed by atoms with van der Waals surface area (Å²) in [5.41, 5.74) is 2.93. The molecular formula is C25H28N2O4S. The van der Waals surface area contributed by atoms with Gasteiger partial charge in [0, 0.05) is 6.54 Å². The van der Waals surface area contributed by atoms with Crippen LogP contribution in [0.1, 0.15) is 23.6 Å². The fourth-order valence-corrected chi connectivity index (χ4v) is 4.39. The van der Waals surface area contributed by atoms with E-state index >= 15 is 0 Å². The number of carbonyl (C=O) groups is 1. The van der Waals surface area contributed by atoms with E-state index in [9.17, 15) is 13.2 Å². The summed E-state index contributed by atoms with van der Waals surface area (Å²) in [5.74, 6) is 0.201. The number of hydrogen-bond acceptors (Lipinski definition) is 4. The van der Waals surface area contributed by atoms with Gasteiger partial charge >= 0.3 is 0 Å². The quantitative estimate of drug-likeness (QED) is 0.492. The Kier molecular flexibility index (Phi) is 8.03. The lowest BCUT2D eigenvalue weighted by Gasteiger charge is -2.19. The Morgan fingerprint density at radius 3 is 2.19 bits per heavy atom. The highest BCUT2D eigenvalue weighted by Gasteiger charge is 2.26. The summed E-state index contributed by atoms with van der Waals surface area (Å²) < 4.78 is 33.9. The molecule has 2 N–H and O–H groups in total. The first kappa shape index (κ1) is 23.5. The highest BCUT2D eigenvalue weighted by atomic mass is 32.2. The maximum absolute atomic E-state index is 13.0. The molecular weight excluding hydrogens is 424 g/mol. The first-order valence-corrected chi connectivity index (χ1v) is 12.0. The molecule has 168 valence electrons. The standard InChI is InChI=1S/C25H28N2O4S/c1-3-31-22-13-15-23(16-14-22)32(29,30)27-24(17-20-7-5-4-6-8-20)25(28)26-18-21-11-9-19(2)10-12-21/h4-16,24,27H,3,17-18H2,1-2H3,(H,26,28)/t24-/m1/s1. The molecule has 0 heterocycles. The van der Waals surface area contributed by atoms with Crippen molar-refractivity contribution in [3.05, 3.63) is 95.6 Å². The third-order valence-corrected chi connectivity index (χ3v) is 6.42. The van der Waals surface area contributed by atoms with Crippen LogP contribution in [0.25, 0.3) is 0 Å². The zero-order valence-electron chi connectivity index (χ0n) is 18.2. The maximum Gasteiger partial charge on any atom is 0.241 e. The predicted octanol–water partition coefficient (Wildman–Crippen LogP) is 3.60. The third kappa shape index (κ3) is 6.67. The van der Waals surface area contributed by atoms with E-state index < -0.39 is 16.1 Å². The van der Waals surface area contributed by atoms with Crippen molar-refractivity contribution in [2.45, 2.75) is 37.8 Å². The van der Waals surface area contributed by atoms with Gasteiger partial charge in [0.1, 0.15) is 11.8 Å². The Morgan fingerprint density at radius 2 is 1.56 bits per heavy atom. The van der Waals surface area contributed by atoms with Crippen molar-refractivity contribution in [2.75, 3.05) is 6.61 Å². The van der Waals surface area contributed by atoms with Crippen LogP contribution in [0.4, 0.5) is 0 Å². The summed E-state index contributed by atoms with van der Waals surface area (Å²) in [7, 11) is -3.91. The molecule has 0 radical (unpaired) electrons. The first-order chi connectivity index (χ1) is 15.4. The molecule has 0 aliphatic carbocycles. The molecule has 3 aromatic carbocycles. The molecule has 0 saturated carbocycles. The van der Waals surface area contributed by atoms with Crippen molar-refractivity contribution in [1.29, 1.82) is 0 Å². The average Bonchev–Trinajstić information content (AvgIpc) is 2.79. The zero-order chi connectivity index (χ0) is 23.0. The van der Waals surface area contributed by atoms with Crippen LogP contribution in [0, 0.1) is 6.92 Å². The number of rotatable bonds is 10. The van der Waals surface area contributed by atoms with Gasteiger partial charge in [0.05, 0.1) is 11.5 Å². The predicted molar refractivity (Wildman–Crippen MR) is 125 cm³/mol. The largest absolute Gasteiger partial charge is 0.494 e. The van der Waals surface area contributed by atoms with Crippen molar-refractivity contribution in [3.63, 3.8) is 0 Å². The van der Waals surface area contributed by atoms with Crippen LogP contribution in [0.3, 0.4) is 0 Å². The van der Waals surface area contributed by atoms with E-state index in [1.807, 2.05) is 68.4 Å². The van der Waals surface area contributed by atoms with Gasteiger partial charge in [-0.15, -0.1) is 0 Å². The molecule has 0 saturated heterocycles. The molecule has 0 fully saturated rings. The number of carbonyl (C=O) groups excluding carboxylic acids is 1. The van der Waals surface area contributed by atoms with E-state index in [2.05, 4.69) is 10.0 Å². The number of sulfonamides is 1. The second kappa shape index (κ2) is 10.9. The van der Waals surface area contributed by atoms with Crippen LogP contribution in [0.5, 0.6) is 5.75 Å². The molecule has 0 aliphatic heterocycles. The minimum absolute atomic E-state index is 0.0744. The van der Waals surface area contributed by atoms with Crippen molar-refractivity contribution in [1.82, 2.24) is 10.0 Å². The highest BCUT2D eigenvalue weighted by Crippen LogP contribution is 2.17. The van der Waals surface area contributed by atoms with Crippen molar-refractivity contribution >= 4 is 15.9 Å². The van der Waals surface area contributed by atoms with E-state index in [1.54, 1.807) is 12.1 Å². The van der Waals surface area contributed by atoms with E-state index in [1.165, 1.54) is 12.1 Å². The van der Waals surface area contributed by atoms with Crippen LogP contribution in [0.2, 0.25) is 0 Å². The summed E-state index contributed by atoms with van der Waals surface area (Å²) in [6, 6.07) is 22.3. The number of aryl methyl sites for hydroxylation is 1. The maximum atomic E-state index is 13.0. The molecule has 0 aromatic heterocycles. The van der Waals surface area contributed by atoms with Gasteiger partial charge in [-0.3, -0.25) is 4.79 Å². The van der Waals surface area contributed by atoms with Crippen LogP contribution in [-0.2, 0) is 27.8 Å². The molecule has 1 atom stereocenters. The SMILES string of the molecule is CCOc1ccc(S(=O)(=O)N[C@H](Cc2ccccc2)C(=O)NCc2ccc(C)cc2)cc1. The molecule has 7 heteroatoms. The number of amides is 1. The van der Waals surface area contributed by atoms with Crippen molar-refractivity contribution in [2.24, 2.45) is 0 Å². The lowest BCUT2D eigenvalue weighted by atomic mass is 10.1. The van der Waals surface area contributed by atoms with Crippen LogP contribution in [0.15, 0.2) is 83.8 Å². The van der Waals surface area contributed by atoms with E-state index in [4.69, 9.17) is 4.74 Å². The highest BCUT2D eigenvalue weighted by molar-refractivity contribution is 7.89. The Morgan fingerprint density at radius 1 is 0.906 bits per heavy atom. The molecule has 3 aromatic rings. The summed E-state index contributed by atoms with van der Waals surface area (Å²) in [6.45, 7) is 4.66. The van der Waals surface area contributed by atoms with Gasteiger partial charge in [-0.25, -0.2) is 8.42 Å². The molecule has 1 amide bonds. The number of benzene rings is 3. The third-order valence-electron chi connectivity index (χ3n) is 4.93. The molecule has 0 bridgehead atoms. The Balaban J connectivity index is 1.76. The second-order valence-electron chi connectivity index (χ2n) is 7.47. The van der Waals surface area contributed by atoms with Gasteiger partial charge in [-0.05, 0) is 55.7 Å². The number of nitrogens with one attached hydrogen (secondary N) is 2. The van der Waals surface area contributed by atoms with Gasteiger partial charge < -0.3 is 10.1 Å². The fourth-order valence-electron chi connectivity index (χ4n) is 3.19. The Hall–Kier alpha value is -3.16. The van der Waals surface area contributed by atoms with Crippen LogP contribution < -0.4 is 14.8 Å². The molecule has 32 heavy (non-hydrogen) atoms. The lowest BCUT2D eigenvalue weighted by Crippen LogP contribution is -2.47. The van der Waals surface area contributed by atoms with Crippen molar-refractivity contribution < 1.29 is 17.9 Å². The first-order valence-electron chi connectivity index (χ1n) is 10.5. The molecule has 0 unspecified atom stereocenters. The van der Waals surface area contributed by atoms with Crippen LogP contribution in [-0.4, -0.2) is 27.0 Å². The Bertz CT molecular complexity index is 1110. The molecule has 0 aliphatic rings. The molecule has 0 spiro atoms. The van der Waals surface area contributed by atoms with Crippen LogP contribution >= 0.6 is 0 Å². The van der Waals surface area contributed by atoms with Gasteiger partial charge in [-0.1, -0.05) is 60.2 Å². The fraction of sp³-hybridized carbons (Fsp3) is 0.240. The number of hydrogen-bond donors (Lipinski definition) is 2. The molecule has 6 nitrogen and oxygen atoms in total. The normalized spacial score (nSPS) is 12.2. The monoisotopic (exact) mass is 452 g/mol. The topological polar surface area (TPSA) is 84.5 Å². The smallest absolute Gasteiger partial charge is 0.241 e. The summed E-state index contributed by atoms with van der Waals surface area (Å²) >= 11 is 0. The van der Waals surface area contributed by atoms with Gasteiger partial charge in [0.2, 0.25) is 15.9 Å². The minimum atomic E-state index is -3.91. The summed E-state index contributed by atoms with van der Waals surface area (Å²) in [4.78, 5) is 13.1. The average molecular weight is 453 g/mol. The summed E-state index contributed by atoms with van der Waals surface area (Å²) in [6.07, 6.45) is 0.233.